The van der Waals surface area contributed by atoms with E-state index < -0.39 is 0 Å². The Labute approximate surface area is 86.2 Å². The van der Waals surface area contributed by atoms with Crippen LogP contribution in [0.3, 0.4) is 0 Å². The van der Waals surface area contributed by atoms with Gasteiger partial charge in [-0.3, -0.25) is 0 Å². The summed E-state index contributed by atoms with van der Waals surface area (Å²) in [4.78, 5) is 4.04. The topological polar surface area (TPSA) is 89.3 Å². The molecule has 1 atom stereocenters. The minimum Gasteiger partial charge on any atom is -0.409 e. The van der Waals surface area contributed by atoms with E-state index in [0.717, 1.165) is 11.6 Å². The van der Waals surface area contributed by atoms with Gasteiger partial charge in [0.15, 0.2) is 11.0 Å². The predicted molar refractivity (Wildman–Crippen MR) is 54.3 cm³/mol. The van der Waals surface area contributed by atoms with E-state index in [-0.39, 0.29) is 11.1 Å². The van der Waals surface area contributed by atoms with Gasteiger partial charge in [0.05, 0.1) is 5.25 Å². The Morgan fingerprint density at radius 3 is 3.00 bits per heavy atom. The van der Waals surface area contributed by atoms with E-state index >= 15 is 0 Å². The lowest BCUT2D eigenvalue weighted by molar-refractivity contribution is 0.317. The van der Waals surface area contributed by atoms with Gasteiger partial charge in [0.2, 0.25) is 0 Å². The molecule has 0 spiro atoms. The van der Waals surface area contributed by atoms with Gasteiger partial charge < -0.3 is 10.9 Å². The van der Waals surface area contributed by atoms with Crippen molar-refractivity contribution in [2.75, 3.05) is 0 Å². The normalized spacial score (nSPS) is 14.3. The number of hydrogen-bond acceptors (Lipinski definition) is 5. The average Bonchev–Trinajstić information content (AvgIpc) is 2.59. The Balaban J connectivity index is 2.71. The van der Waals surface area contributed by atoms with Crippen LogP contribution in [0.25, 0.3) is 0 Å². The smallest absolute Gasteiger partial charge is 0.186 e. The van der Waals surface area contributed by atoms with Crippen molar-refractivity contribution in [2.45, 2.75) is 23.8 Å². The Morgan fingerprint density at radius 2 is 2.57 bits per heavy atom. The molecule has 0 saturated heterocycles. The van der Waals surface area contributed by atoms with Gasteiger partial charge in [-0.1, -0.05) is 23.8 Å². The summed E-state index contributed by atoms with van der Waals surface area (Å²) < 4.78 is 1.65. The van der Waals surface area contributed by atoms with E-state index in [9.17, 15) is 0 Å². The first-order valence-electron chi connectivity index (χ1n) is 4.17. The molecule has 7 heteroatoms. The maximum absolute atomic E-state index is 8.54. The lowest BCUT2D eigenvalue weighted by Crippen LogP contribution is -2.25. The lowest BCUT2D eigenvalue weighted by atomic mass is 10.3. The molecule has 0 radical (unpaired) electrons. The third-order valence-corrected chi connectivity index (χ3v) is 3.17. The van der Waals surface area contributed by atoms with Gasteiger partial charge in [0.25, 0.3) is 0 Å². The number of amidine groups is 1. The fraction of sp³-hybridized carbons (Fsp3) is 0.571. The van der Waals surface area contributed by atoms with Crippen molar-refractivity contribution in [2.24, 2.45) is 17.9 Å². The summed E-state index contributed by atoms with van der Waals surface area (Å²) in [5.74, 6) is 0.209. The first-order chi connectivity index (χ1) is 6.69. The van der Waals surface area contributed by atoms with Crippen molar-refractivity contribution in [1.82, 2.24) is 14.8 Å². The first kappa shape index (κ1) is 10.8. The summed E-state index contributed by atoms with van der Waals surface area (Å²) in [6, 6.07) is 0. The summed E-state index contributed by atoms with van der Waals surface area (Å²) in [5, 5.41) is 16.1. The molecule has 1 heterocycles. The molecule has 0 aliphatic rings. The van der Waals surface area contributed by atoms with Crippen LogP contribution in [0.1, 0.15) is 13.3 Å². The highest BCUT2D eigenvalue weighted by molar-refractivity contribution is 8.00. The van der Waals surface area contributed by atoms with Gasteiger partial charge in [-0.15, -0.1) is 0 Å². The second-order valence-electron chi connectivity index (χ2n) is 2.71. The number of rotatable bonds is 4. The number of aromatic nitrogens is 3. The second-order valence-corrected chi connectivity index (χ2v) is 3.88. The van der Waals surface area contributed by atoms with Crippen LogP contribution in [-0.4, -0.2) is 31.1 Å². The van der Waals surface area contributed by atoms with Crippen LogP contribution in [0.4, 0.5) is 0 Å². The summed E-state index contributed by atoms with van der Waals surface area (Å²) in [5.41, 5.74) is 5.52. The van der Waals surface area contributed by atoms with Gasteiger partial charge in [-0.05, 0) is 6.42 Å². The van der Waals surface area contributed by atoms with Crippen LogP contribution < -0.4 is 5.73 Å². The molecule has 0 aromatic carbocycles. The van der Waals surface area contributed by atoms with Crippen molar-refractivity contribution in [3.8, 4) is 0 Å². The summed E-state index contributed by atoms with van der Waals surface area (Å²) in [6.45, 7) is 1.96. The number of nitrogens with zero attached hydrogens (tertiary/aromatic N) is 4. The van der Waals surface area contributed by atoms with Crippen LogP contribution >= 0.6 is 11.8 Å². The third kappa shape index (κ3) is 2.38. The molecule has 0 saturated carbocycles. The fourth-order valence-corrected chi connectivity index (χ4v) is 1.83. The summed E-state index contributed by atoms with van der Waals surface area (Å²) in [7, 11) is 1.80. The van der Waals surface area contributed by atoms with Crippen LogP contribution in [0.15, 0.2) is 16.6 Å². The minimum atomic E-state index is -0.0668. The molecule has 78 valence electrons. The van der Waals surface area contributed by atoms with Crippen molar-refractivity contribution < 1.29 is 5.21 Å². The Kier molecular flexibility index (Phi) is 3.75. The van der Waals surface area contributed by atoms with Gasteiger partial charge >= 0.3 is 0 Å². The number of hydrogen-bond donors (Lipinski definition) is 2. The SMILES string of the molecule is CCC(Sc1ncnn1C)C(N)=NO. The molecule has 1 aromatic rings. The number of nitrogens with two attached hydrogens (primary N) is 1. The van der Waals surface area contributed by atoms with Crippen LogP contribution in [-0.2, 0) is 7.05 Å². The third-order valence-electron chi connectivity index (χ3n) is 1.73. The van der Waals surface area contributed by atoms with Crippen molar-refractivity contribution in [1.29, 1.82) is 0 Å². The first-order valence-corrected chi connectivity index (χ1v) is 5.05. The van der Waals surface area contributed by atoms with E-state index in [1.54, 1.807) is 11.7 Å². The molecule has 1 unspecified atom stereocenters. The number of oxime groups is 1. The molecule has 6 nitrogen and oxygen atoms in total. The minimum absolute atomic E-state index is 0.0668. The van der Waals surface area contributed by atoms with Gasteiger partial charge in [-0.25, -0.2) is 9.67 Å². The lowest BCUT2D eigenvalue weighted by Gasteiger charge is -2.10. The molecule has 0 amide bonds. The monoisotopic (exact) mass is 215 g/mol. The molecular formula is C7H13N5OS. The summed E-state index contributed by atoms with van der Waals surface area (Å²) in [6.07, 6.45) is 2.24. The maximum atomic E-state index is 8.54. The quantitative estimate of drug-likeness (QED) is 0.250. The van der Waals surface area contributed by atoms with Crippen molar-refractivity contribution in [3.05, 3.63) is 6.33 Å². The van der Waals surface area contributed by atoms with E-state index in [4.69, 9.17) is 10.9 Å². The zero-order valence-corrected chi connectivity index (χ0v) is 8.90. The van der Waals surface area contributed by atoms with Crippen molar-refractivity contribution in [3.63, 3.8) is 0 Å². The van der Waals surface area contributed by atoms with Gasteiger partial charge in [-0.2, -0.15) is 5.10 Å². The molecule has 1 rings (SSSR count). The van der Waals surface area contributed by atoms with E-state index in [2.05, 4.69) is 15.2 Å². The van der Waals surface area contributed by atoms with Crippen LogP contribution in [0.5, 0.6) is 0 Å². The number of aryl methyl sites for hydroxylation is 1. The van der Waals surface area contributed by atoms with Crippen molar-refractivity contribution >= 4 is 17.6 Å². The van der Waals surface area contributed by atoms with Gasteiger partial charge in [0.1, 0.15) is 6.33 Å². The predicted octanol–water partition coefficient (Wildman–Crippen LogP) is 0.432. The van der Waals surface area contributed by atoms with Crippen LogP contribution in [0.2, 0.25) is 0 Å². The average molecular weight is 215 g/mol. The largest absolute Gasteiger partial charge is 0.409 e. The molecular weight excluding hydrogens is 202 g/mol. The van der Waals surface area contributed by atoms with E-state index in [1.165, 1.54) is 18.1 Å². The number of thioether (sulfide) groups is 1. The highest BCUT2D eigenvalue weighted by Crippen LogP contribution is 2.22. The highest BCUT2D eigenvalue weighted by atomic mass is 32.2. The molecule has 0 bridgehead atoms. The standard InChI is InChI=1S/C7H13N5OS/c1-3-5(6(8)11-13)14-7-9-4-10-12(7)2/h4-5,13H,3H2,1-2H3,(H2,8,11). The Hall–Kier alpha value is -1.24. The zero-order valence-electron chi connectivity index (χ0n) is 8.08. The van der Waals surface area contributed by atoms with E-state index in [0.29, 0.717) is 0 Å². The molecule has 14 heavy (non-hydrogen) atoms. The molecule has 3 N–H and O–H groups in total. The fourth-order valence-electron chi connectivity index (χ4n) is 0.937. The van der Waals surface area contributed by atoms with Gasteiger partial charge in [0, 0.05) is 7.05 Å². The summed E-state index contributed by atoms with van der Waals surface area (Å²) >= 11 is 1.43. The highest BCUT2D eigenvalue weighted by Gasteiger charge is 2.15. The van der Waals surface area contributed by atoms with Crippen LogP contribution in [0, 0.1) is 0 Å². The zero-order chi connectivity index (χ0) is 10.6. The second kappa shape index (κ2) is 4.85. The molecule has 0 aliphatic heterocycles. The molecule has 0 fully saturated rings. The Bertz CT molecular complexity index is 324. The Morgan fingerprint density at radius 1 is 1.86 bits per heavy atom. The maximum Gasteiger partial charge on any atom is 0.186 e. The molecule has 0 aliphatic carbocycles. The molecule has 1 aromatic heterocycles. The van der Waals surface area contributed by atoms with E-state index in [1.807, 2.05) is 6.92 Å².